The van der Waals surface area contributed by atoms with Gasteiger partial charge < -0.3 is 4.42 Å². The molecule has 3 aromatic carbocycles. The predicted molar refractivity (Wildman–Crippen MR) is 116 cm³/mol. The fourth-order valence-corrected chi connectivity index (χ4v) is 4.15. The lowest BCUT2D eigenvalue weighted by Gasteiger charge is -2.21. The molecule has 0 saturated heterocycles. The number of amides is 1. The maximum atomic E-state index is 13.1. The topological polar surface area (TPSA) is 58.7 Å². The molecule has 0 bridgehead atoms. The van der Waals surface area contributed by atoms with Crippen molar-refractivity contribution in [2.45, 2.75) is 11.6 Å². The van der Waals surface area contributed by atoms with Gasteiger partial charge >= 0.3 is 0 Å². The van der Waals surface area contributed by atoms with E-state index in [4.69, 9.17) is 9.41 Å². The molecular formula is C23H17N3O2S. The number of oxazole rings is 1. The normalized spacial score (nSPS) is 13.9. The molecule has 1 amide bonds. The van der Waals surface area contributed by atoms with Crippen LogP contribution in [0.15, 0.2) is 93.5 Å². The number of aliphatic imine (C=N–C) groups is 1. The number of para-hydroxylation sites is 4. The predicted octanol–water partition coefficient (Wildman–Crippen LogP) is 5.44. The highest BCUT2D eigenvalue weighted by Gasteiger charge is 2.25. The zero-order valence-corrected chi connectivity index (χ0v) is 16.3. The van der Waals surface area contributed by atoms with Gasteiger partial charge in [0, 0.05) is 0 Å². The van der Waals surface area contributed by atoms with Crippen molar-refractivity contribution in [3.63, 3.8) is 0 Å². The smallest absolute Gasteiger partial charge is 0.258 e. The molecule has 2 heterocycles. The summed E-state index contributed by atoms with van der Waals surface area (Å²) < 4.78 is 5.79. The van der Waals surface area contributed by atoms with E-state index in [1.54, 1.807) is 4.90 Å². The van der Waals surface area contributed by atoms with E-state index in [0.717, 1.165) is 33.7 Å². The first-order valence-electron chi connectivity index (χ1n) is 9.29. The highest BCUT2D eigenvalue weighted by molar-refractivity contribution is 7.99. The SMILES string of the molecule is O=C1CC(c2ccccc2)=Nc2ccccc2N1CSc1nc2ccccc2o1. The largest absolute Gasteiger partial charge is 0.431 e. The monoisotopic (exact) mass is 399 g/mol. The number of rotatable bonds is 4. The molecule has 0 aliphatic carbocycles. The molecule has 0 saturated carbocycles. The number of carbonyl (C=O) groups excluding carboxylic acids is 1. The number of anilines is 1. The first-order valence-corrected chi connectivity index (χ1v) is 10.3. The van der Waals surface area contributed by atoms with Gasteiger partial charge in [-0.15, -0.1) is 0 Å². The van der Waals surface area contributed by atoms with E-state index < -0.39 is 0 Å². The number of benzene rings is 3. The van der Waals surface area contributed by atoms with Crippen molar-refractivity contribution >= 4 is 45.9 Å². The summed E-state index contributed by atoms with van der Waals surface area (Å²) >= 11 is 1.40. The van der Waals surface area contributed by atoms with Gasteiger partial charge in [-0.05, 0) is 41.6 Å². The Balaban J connectivity index is 1.44. The van der Waals surface area contributed by atoms with Crippen LogP contribution in [0.3, 0.4) is 0 Å². The zero-order chi connectivity index (χ0) is 19.6. The summed E-state index contributed by atoms with van der Waals surface area (Å²) in [6.45, 7) is 0. The zero-order valence-electron chi connectivity index (χ0n) is 15.5. The summed E-state index contributed by atoms with van der Waals surface area (Å²) in [5.74, 6) is 0.404. The third-order valence-electron chi connectivity index (χ3n) is 4.75. The summed E-state index contributed by atoms with van der Waals surface area (Å²) in [6, 6.07) is 25.2. The molecular weight excluding hydrogens is 382 g/mol. The summed E-state index contributed by atoms with van der Waals surface area (Å²) in [6.07, 6.45) is 0.243. The Kier molecular flexibility index (Phi) is 4.62. The van der Waals surface area contributed by atoms with E-state index in [9.17, 15) is 4.79 Å². The number of nitrogens with zero attached hydrogens (tertiary/aromatic N) is 3. The van der Waals surface area contributed by atoms with Crippen molar-refractivity contribution in [3.05, 3.63) is 84.4 Å². The highest BCUT2D eigenvalue weighted by Crippen LogP contribution is 2.35. The van der Waals surface area contributed by atoms with Crippen molar-refractivity contribution in [3.8, 4) is 0 Å². The van der Waals surface area contributed by atoms with Crippen molar-refractivity contribution < 1.29 is 9.21 Å². The Morgan fingerprint density at radius 1 is 0.931 bits per heavy atom. The van der Waals surface area contributed by atoms with E-state index >= 15 is 0 Å². The van der Waals surface area contributed by atoms with Crippen molar-refractivity contribution in [2.75, 3.05) is 10.8 Å². The van der Waals surface area contributed by atoms with E-state index in [-0.39, 0.29) is 12.3 Å². The van der Waals surface area contributed by atoms with Gasteiger partial charge in [-0.25, -0.2) is 4.98 Å². The molecule has 0 fully saturated rings. The van der Waals surface area contributed by atoms with Crippen LogP contribution in [0, 0.1) is 0 Å². The molecule has 0 N–H and O–H groups in total. The van der Waals surface area contributed by atoms with Crippen LogP contribution in [0.25, 0.3) is 11.1 Å². The minimum atomic E-state index is 0.00108. The quantitative estimate of drug-likeness (QED) is 0.429. The van der Waals surface area contributed by atoms with Gasteiger partial charge in [0.2, 0.25) is 5.91 Å². The Morgan fingerprint density at radius 2 is 1.69 bits per heavy atom. The molecule has 1 aliphatic rings. The molecule has 0 atom stereocenters. The van der Waals surface area contributed by atoms with Gasteiger partial charge in [0.1, 0.15) is 5.52 Å². The van der Waals surface area contributed by atoms with E-state index in [1.807, 2.05) is 78.9 Å². The van der Waals surface area contributed by atoms with E-state index in [1.165, 1.54) is 11.8 Å². The van der Waals surface area contributed by atoms with Crippen LogP contribution in [0.2, 0.25) is 0 Å². The Labute approximate surface area is 172 Å². The van der Waals surface area contributed by atoms with Crippen LogP contribution in [-0.2, 0) is 4.79 Å². The molecule has 6 heteroatoms. The molecule has 0 unspecified atom stereocenters. The molecule has 5 nitrogen and oxygen atoms in total. The summed E-state index contributed by atoms with van der Waals surface area (Å²) in [5, 5.41) is 0.546. The molecule has 1 aromatic heterocycles. The first kappa shape index (κ1) is 17.7. The molecule has 4 aromatic rings. The Hall–Kier alpha value is -3.38. The van der Waals surface area contributed by atoms with Gasteiger partial charge in [0.15, 0.2) is 5.58 Å². The van der Waals surface area contributed by atoms with Crippen molar-refractivity contribution in [1.29, 1.82) is 0 Å². The van der Waals surface area contributed by atoms with Crippen LogP contribution in [0.5, 0.6) is 0 Å². The van der Waals surface area contributed by atoms with Gasteiger partial charge in [-0.3, -0.25) is 14.7 Å². The third-order valence-corrected chi connectivity index (χ3v) is 5.55. The average molecular weight is 399 g/mol. The fourth-order valence-electron chi connectivity index (χ4n) is 3.32. The molecule has 29 heavy (non-hydrogen) atoms. The maximum Gasteiger partial charge on any atom is 0.258 e. The van der Waals surface area contributed by atoms with Gasteiger partial charge in [0.05, 0.1) is 29.4 Å². The number of hydrogen-bond acceptors (Lipinski definition) is 5. The van der Waals surface area contributed by atoms with Crippen LogP contribution in [0.4, 0.5) is 11.4 Å². The standard InChI is InChI=1S/C23H17N3O2S/c27-22-14-19(16-8-2-1-3-9-16)24-17-10-4-6-12-20(17)26(22)15-29-23-25-18-11-5-7-13-21(18)28-23/h1-13H,14-15H2. The highest BCUT2D eigenvalue weighted by atomic mass is 32.2. The van der Waals surface area contributed by atoms with Crippen molar-refractivity contribution in [1.82, 2.24) is 4.98 Å². The second-order valence-electron chi connectivity index (χ2n) is 6.63. The van der Waals surface area contributed by atoms with Gasteiger partial charge in [-0.2, -0.15) is 0 Å². The maximum absolute atomic E-state index is 13.1. The van der Waals surface area contributed by atoms with Crippen LogP contribution in [0.1, 0.15) is 12.0 Å². The average Bonchev–Trinajstić information content (AvgIpc) is 3.11. The lowest BCUT2D eigenvalue weighted by molar-refractivity contribution is -0.117. The second kappa shape index (κ2) is 7.56. The van der Waals surface area contributed by atoms with Crippen LogP contribution in [-0.4, -0.2) is 22.5 Å². The van der Waals surface area contributed by atoms with Crippen molar-refractivity contribution in [2.24, 2.45) is 4.99 Å². The fraction of sp³-hybridized carbons (Fsp3) is 0.0870. The van der Waals surface area contributed by atoms with Gasteiger partial charge in [0.25, 0.3) is 5.22 Å². The van der Waals surface area contributed by atoms with Crippen LogP contribution < -0.4 is 4.90 Å². The lowest BCUT2D eigenvalue weighted by atomic mass is 10.1. The third kappa shape index (κ3) is 3.54. The molecule has 1 aliphatic heterocycles. The number of thioether (sulfide) groups is 1. The number of aromatic nitrogens is 1. The first-order chi connectivity index (χ1) is 14.3. The van der Waals surface area contributed by atoms with Gasteiger partial charge in [-0.1, -0.05) is 54.6 Å². The van der Waals surface area contributed by atoms with E-state index in [0.29, 0.717) is 11.1 Å². The molecule has 5 rings (SSSR count). The molecule has 0 radical (unpaired) electrons. The summed E-state index contributed by atoms with van der Waals surface area (Å²) in [7, 11) is 0. The Morgan fingerprint density at radius 3 is 2.55 bits per heavy atom. The molecule has 142 valence electrons. The minimum Gasteiger partial charge on any atom is -0.431 e. The second-order valence-corrected chi connectivity index (χ2v) is 7.53. The lowest BCUT2D eigenvalue weighted by Crippen LogP contribution is -2.31. The number of hydrogen-bond donors (Lipinski definition) is 0. The Bertz CT molecular complexity index is 1180. The summed E-state index contributed by atoms with van der Waals surface area (Å²) in [4.78, 5) is 24.2. The summed E-state index contributed by atoms with van der Waals surface area (Å²) in [5.41, 5.74) is 4.88. The number of carbonyl (C=O) groups is 1. The minimum absolute atomic E-state index is 0.00108. The number of fused-ring (bicyclic) bond motifs is 2. The van der Waals surface area contributed by atoms with Crippen LogP contribution >= 0.6 is 11.8 Å². The van der Waals surface area contributed by atoms with E-state index in [2.05, 4.69) is 4.98 Å². The molecule has 0 spiro atoms.